The van der Waals surface area contributed by atoms with E-state index in [2.05, 4.69) is 5.32 Å². The lowest BCUT2D eigenvalue weighted by Crippen LogP contribution is -2.34. The predicted molar refractivity (Wildman–Crippen MR) is 81.8 cm³/mol. The van der Waals surface area contributed by atoms with Gasteiger partial charge in [-0.2, -0.15) is 0 Å². The number of anilines is 1. The van der Waals surface area contributed by atoms with Crippen LogP contribution in [0.25, 0.3) is 6.08 Å². The summed E-state index contributed by atoms with van der Waals surface area (Å²) in [5, 5.41) is 11.2. The minimum Gasteiger partial charge on any atom is -0.478 e. The maximum atomic E-state index is 13.8. The van der Waals surface area contributed by atoms with Crippen LogP contribution >= 0.6 is 11.8 Å². The van der Waals surface area contributed by atoms with Crippen LogP contribution in [0.3, 0.4) is 0 Å². The third-order valence-electron chi connectivity index (χ3n) is 3.36. The van der Waals surface area contributed by atoms with Gasteiger partial charge in [0.25, 0.3) is 0 Å². The van der Waals surface area contributed by atoms with Crippen molar-refractivity contribution < 1.29 is 19.1 Å². The Morgan fingerprint density at radius 3 is 2.81 bits per heavy atom. The quantitative estimate of drug-likeness (QED) is 0.839. The van der Waals surface area contributed by atoms with Gasteiger partial charge in [0.15, 0.2) is 0 Å². The van der Waals surface area contributed by atoms with Gasteiger partial charge in [-0.05, 0) is 49.8 Å². The first kappa shape index (κ1) is 15.6. The maximum absolute atomic E-state index is 13.8. The highest BCUT2D eigenvalue weighted by Gasteiger charge is 2.37. The molecule has 2 rings (SSSR count). The minimum atomic E-state index is -1.14. The van der Waals surface area contributed by atoms with Crippen LogP contribution in [0.2, 0.25) is 0 Å². The summed E-state index contributed by atoms with van der Waals surface area (Å²) in [5.74, 6) is -0.886. The van der Waals surface area contributed by atoms with Gasteiger partial charge in [-0.1, -0.05) is 0 Å². The van der Waals surface area contributed by atoms with Gasteiger partial charge in [-0.3, -0.25) is 4.79 Å². The fourth-order valence-corrected chi connectivity index (χ4v) is 3.33. The first-order chi connectivity index (χ1) is 9.90. The number of carboxylic acids is 1. The van der Waals surface area contributed by atoms with Crippen LogP contribution in [0.5, 0.6) is 0 Å². The fraction of sp³-hybridized carbons (Fsp3) is 0.333. The molecule has 1 saturated heterocycles. The summed E-state index contributed by atoms with van der Waals surface area (Å²) in [4.78, 5) is 22.6. The number of hydrogen-bond donors (Lipinski definition) is 2. The Morgan fingerprint density at radius 2 is 2.24 bits per heavy atom. The Balaban J connectivity index is 2.10. The van der Waals surface area contributed by atoms with Crippen molar-refractivity contribution >= 4 is 35.4 Å². The van der Waals surface area contributed by atoms with E-state index >= 15 is 0 Å². The molecule has 1 aliphatic rings. The molecule has 1 fully saturated rings. The molecule has 0 spiro atoms. The Hall–Kier alpha value is -1.82. The number of halogens is 1. The second-order valence-electron chi connectivity index (χ2n) is 5.04. The Bertz CT molecular complexity index is 595. The molecule has 0 radical (unpaired) electrons. The Morgan fingerprint density at radius 1 is 1.48 bits per heavy atom. The third kappa shape index (κ3) is 3.85. The molecule has 6 heteroatoms. The number of benzene rings is 1. The lowest BCUT2D eigenvalue weighted by Gasteiger charge is -2.21. The van der Waals surface area contributed by atoms with Gasteiger partial charge in [0.2, 0.25) is 5.91 Å². The van der Waals surface area contributed by atoms with Crippen molar-refractivity contribution in [3.05, 3.63) is 35.7 Å². The molecule has 21 heavy (non-hydrogen) atoms. The molecule has 1 atom stereocenters. The smallest absolute Gasteiger partial charge is 0.328 e. The van der Waals surface area contributed by atoms with Crippen LogP contribution in [0.15, 0.2) is 24.3 Å². The molecule has 112 valence electrons. The van der Waals surface area contributed by atoms with Gasteiger partial charge >= 0.3 is 5.97 Å². The van der Waals surface area contributed by atoms with E-state index in [0.717, 1.165) is 24.7 Å². The average molecular weight is 309 g/mol. The van der Waals surface area contributed by atoms with Crippen molar-refractivity contribution in [2.24, 2.45) is 0 Å². The summed E-state index contributed by atoms with van der Waals surface area (Å²) < 4.78 is 13.4. The molecule has 1 heterocycles. The molecule has 0 saturated carbocycles. The lowest BCUT2D eigenvalue weighted by molar-refractivity contribution is -0.131. The van der Waals surface area contributed by atoms with Crippen molar-refractivity contribution in [1.82, 2.24) is 0 Å². The molecule has 0 aliphatic carbocycles. The van der Waals surface area contributed by atoms with Gasteiger partial charge in [-0.25, -0.2) is 9.18 Å². The number of aliphatic carboxylic acids is 1. The third-order valence-corrected chi connectivity index (χ3v) is 4.88. The van der Waals surface area contributed by atoms with Gasteiger partial charge in [-0.15, -0.1) is 11.8 Å². The molecular formula is C15H16FNO3S. The standard InChI is InChI=1S/C15H16FNO3S/c1-15(7-2-8-21-15)14(20)17-11-5-3-10(12(16)9-11)4-6-13(18)19/h3-6,9H,2,7-8H2,1H3,(H,17,20)(H,18,19)/b6-4+. The number of carbonyl (C=O) groups excluding carboxylic acids is 1. The average Bonchev–Trinajstić information content (AvgIpc) is 2.86. The van der Waals surface area contributed by atoms with Gasteiger partial charge in [0.05, 0.1) is 4.75 Å². The normalized spacial score (nSPS) is 21.6. The summed E-state index contributed by atoms with van der Waals surface area (Å²) in [6, 6.07) is 4.20. The fourth-order valence-electron chi connectivity index (χ4n) is 2.12. The number of carboxylic acid groups (broad SMARTS) is 1. The molecule has 0 bridgehead atoms. The van der Waals surface area contributed by atoms with E-state index in [0.29, 0.717) is 5.69 Å². The lowest BCUT2D eigenvalue weighted by atomic mass is 10.0. The van der Waals surface area contributed by atoms with Crippen molar-refractivity contribution in [1.29, 1.82) is 0 Å². The van der Waals surface area contributed by atoms with Gasteiger partial charge in [0, 0.05) is 17.3 Å². The van der Waals surface area contributed by atoms with Gasteiger partial charge < -0.3 is 10.4 Å². The number of carbonyl (C=O) groups is 2. The summed E-state index contributed by atoms with van der Waals surface area (Å²) in [6.45, 7) is 1.89. The number of hydrogen-bond acceptors (Lipinski definition) is 3. The Kier molecular flexibility index (Phi) is 4.67. The molecule has 0 aromatic heterocycles. The summed E-state index contributed by atoms with van der Waals surface area (Å²) >= 11 is 1.61. The molecule has 1 aliphatic heterocycles. The summed E-state index contributed by atoms with van der Waals surface area (Å²) in [6.07, 6.45) is 3.86. The predicted octanol–water partition coefficient (Wildman–Crippen LogP) is 3.15. The molecule has 1 unspecified atom stereocenters. The van der Waals surface area contributed by atoms with Crippen LogP contribution in [0.4, 0.5) is 10.1 Å². The monoisotopic (exact) mass is 309 g/mol. The van der Waals surface area contributed by atoms with Crippen LogP contribution in [0, 0.1) is 5.82 Å². The molecule has 1 aromatic rings. The maximum Gasteiger partial charge on any atom is 0.328 e. The molecule has 4 nitrogen and oxygen atoms in total. The zero-order chi connectivity index (χ0) is 15.5. The van der Waals surface area contributed by atoms with Crippen molar-refractivity contribution in [3.63, 3.8) is 0 Å². The zero-order valence-corrected chi connectivity index (χ0v) is 12.4. The SMILES string of the molecule is CC1(C(=O)Nc2ccc(/C=C/C(=O)O)c(F)c2)CCCS1. The minimum absolute atomic E-state index is 0.127. The van der Waals surface area contributed by atoms with E-state index in [4.69, 9.17) is 5.11 Å². The highest BCUT2D eigenvalue weighted by atomic mass is 32.2. The first-order valence-electron chi connectivity index (χ1n) is 6.57. The van der Waals surface area contributed by atoms with Crippen molar-refractivity contribution in [2.45, 2.75) is 24.5 Å². The van der Waals surface area contributed by atoms with Crippen molar-refractivity contribution in [2.75, 3.05) is 11.1 Å². The molecular weight excluding hydrogens is 293 g/mol. The molecule has 2 N–H and O–H groups in total. The number of thioether (sulfide) groups is 1. The van der Waals surface area contributed by atoms with Crippen LogP contribution in [0.1, 0.15) is 25.3 Å². The van der Waals surface area contributed by atoms with E-state index in [1.165, 1.54) is 18.2 Å². The van der Waals surface area contributed by atoms with E-state index < -0.39 is 16.5 Å². The zero-order valence-electron chi connectivity index (χ0n) is 11.6. The van der Waals surface area contributed by atoms with Crippen LogP contribution in [-0.4, -0.2) is 27.5 Å². The van der Waals surface area contributed by atoms with Crippen LogP contribution < -0.4 is 5.32 Å². The second kappa shape index (κ2) is 6.30. The van der Waals surface area contributed by atoms with Gasteiger partial charge in [0.1, 0.15) is 5.82 Å². The number of nitrogens with one attached hydrogen (secondary N) is 1. The van der Waals surface area contributed by atoms with E-state index in [1.54, 1.807) is 17.8 Å². The Labute approximate surface area is 126 Å². The number of rotatable bonds is 4. The largest absolute Gasteiger partial charge is 0.478 e. The molecule has 1 amide bonds. The second-order valence-corrected chi connectivity index (χ2v) is 6.64. The highest BCUT2D eigenvalue weighted by molar-refractivity contribution is 8.01. The topological polar surface area (TPSA) is 66.4 Å². The van der Waals surface area contributed by atoms with E-state index in [1.807, 2.05) is 6.92 Å². The molecule has 1 aromatic carbocycles. The van der Waals surface area contributed by atoms with Crippen LogP contribution in [-0.2, 0) is 9.59 Å². The van der Waals surface area contributed by atoms with E-state index in [9.17, 15) is 14.0 Å². The number of amides is 1. The van der Waals surface area contributed by atoms with Crippen molar-refractivity contribution in [3.8, 4) is 0 Å². The summed E-state index contributed by atoms with van der Waals surface area (Å²) in [7, 11) is 0. The summed E-state index contributed by atoms with van der Waals surface area (Å²) in [5.41, 5.74) is 0.538. The van der Waals surface area contributed by atoms with E-state index in [-0.39, 0.29) is 11.5 Å². The highest BCUT2D eigenvalue weighted by Crippen LogP contribution is 2.38. The first-order valence-corrected chi connectivity index (χ1v) is 7.55.